The average molecular weight is 247 g/mol. The van der Waals surface area contributed by atoms with Crippen LogP contribution in [0.15, 0.2) is 24.3 Å². The van der Waals surface area contributed by atoms with E-state index in [2.05, 4.69) is 6.92 Å². The molecule has 98 valence electrons. The third-order valence-electron chi connectivity index (χ3n) is 3.79. The summed E-state index contributed by atoms with van der Waals surface area (Å²) in [4.78, 5) is 12.5. The standard InChI is InChI=1S/C15H21NO2/c1-3-4-11-5-7-12(8-6-11)14(17)15(2)10-18-9-13(15)16/h5-8,13H,3-4,9-10,16H2,1-2H3. The van der Waals surface area contributed by atoms with Gasteiger partial charge in [-0.1, -0.05) is 37.6 Å². The molecule has 1 aromatic carbocycles. The van der Waals surface area contributed by atoms with Gasteiger partial charge in [0.25, 0.3) is 0 Å². The van der Waals surface area contributed by atoms with E-state index in [1.807, 2.05) is 31.2 Å². The van der Waals surface area contributed by atoms with Crippen molar-refractivity contribution in [2.24, 2.45) is 11.1 Å². The number of carbonyl (C=O) groups is 1. The Morgan fingerprint density at radius 1 is 1.44 bits per heavy atom. The molecule has 1 heterocycles. The Morgan fingerprint density at radius 3 is 2.61 bits per heavy atom. The highest BCUT2D eigenvalue weighted by atomic mass is 16.5. The average Bonchev–Trinajstić information content (AvgIpc) is 2.71. The molecule has 18 heavy (non-hydrogen) atoms. The van der Waals surface area contributed by atoms with Gasteiger partial charge in [0, 0.05) is 11.6 Å². The highest BCUT2D eigenvalue weighted by Gasteiger charge is 2.44. The van der Waals surface area contributed by atoms with Crippen LogP contribution in [0.2, 0.25) is 0 Å². The number of benzene rings is 1. The summed E-state index contributed by atoms with van der Waals surface area (Å²) >= 11 is 0. The van der Waals surface area contributed by atoms with Crippen LogP contribution in [-0.2, 0) is 11.2 Å². The Morgan fingerprint density at radius 2 is 2.11 bits per heavy atom. The number of aryl methyl sites for hydroxylation is 1. The van der Waals surface area contributed by atoms with Crippen LogP contribution < -0.4 is 5.73 Å². The molecule has 0 spiro atoms. The van der Waals surface area contributed by atoms with Gasteiger partial charge in [0.1, 0.15) is 0 Å². The lowest BCUT2D eigenvalue weighted by atomic mass is 9.78. The lowest BCUT2D eigenvalue weighted by Gasteiger charge is -2.25. The van der Waals surface area contributed by atoms with Gasteiger partial charge in [-0.2, -0.15) is 0 Å². The quantitative estimate of drug-likeness (QED) is 0.830. The first-order chi connectivity index (χ1) is 8.58. The summed E-state index contributed by atoms with van der Waals surface area (Å²) in [6.07, 6.45) is 2.16. The second kappa shape index (κ2) is 5.21. The topological polar surface area (TPSA) is 52.3 Å². The van der Waals surface area contributed by atoms with E-state index in [4.69, 9.17) is 10.5 Å². The van der Waals surface area contributed by atoms with E-state index < -0.39 is 5.41 Å². The van der Waals surface area contributed by atoms with Crippen molar-refractivity contribution in [3.05, 3.63) is 35.4 Å². The second-order valence-electron chi connectivity index (χ2n) is 5.32. The molecule has 1 fully saturated rings. The lowest BCUT2D eigenvalue weighted by molar-refractivity contribution is 0.0768. The Kier molecular flexibility index (Phi) is 3.83. The third kappa shape index (κ3) is 2.33. The molecule has 3 heteroatoms. The van der Waals surface area contributed by atoms with Gasteiger partial charge < -0.3 is 10.5 Å². The Labute approximate surface area is 108 Å². The zero-order valence-electron chi connectivity index (χ0n) is 11.1. The van der Waals surface area contributed by atoms with Crippen LogP contribution >= 0.6 is 0 Å². The van der Waals surface area contributed by atoms with E-state index in [-0.39, 0.29) is 11.8 Å². The first kappa shape index (κ1) is 13.2. The predicted molar refractivity (Wildman–Crippen MR) is 71.7 cm³/mol. The minimum atomic E-state index is -0.577. The Bertz CT molecular complexity index is 427. The van der Waals surface area contributed by atoms with Crippen molar-refractivity contribution in [1.82, 2.24) is 0 Å². The van der Waals surface area contributed by atoms with Gasteiger partial charge in [0.05, 0.1) is 18.6 Å². The summed E-state index contributed by atoms with van der Waals surface area (Å²) in [5.74, 6) is 0.0931. The zero-order chi connectivity index (χ0) is 13.2. The normalized spacial score (nSPS) is 27.4. The number of hydrogen-bond acceptors (Lipinski definition) is 3. The first-order valence-electron chi connectivity index (χ1n) is 6.55. The molecule has 2 atom stereocenters. The maximum absolute atomic E-state index is 12.5. The third-order valence-corrected chi connectivity index (χ3v) is 3.79. The minimum Gasteiger partial charge on any atom is -0.379 e. The van der Waals surface area contributed by atoms with Gasteiger partial charge in [-0.3, -0.25) is 4.79 Å². The molecule has 0 saturated carbocycles. The fraction of sp³-hybridized carbons (Fsp3) is 0.533. The van der Waals surface area contributed by atoms with Gasteiger partial charge >= 0.3 is 0 Å². The van der Waals surface area contributed by atoms with E-state index in [0.29, 0.717) is 13.2 Å². The van der Waals surface area contributed by atoms with Gasteiger partial charge in [-0.25, -0.2) is 0 Å². The summed E-state index contributed by atoms with van der Waals surface area (Å²) in [6, 6.07) is 7.66. The number of ether oxygens (including phenoxy) is 1. The molecule has 1 aliphatic heterocycles. The number of ketones is 1. The van der Waals surface area contributed by atoms with Crippen LogP contribution in [0.3, 0.4) is 0 Å². The monoisotopic (exact) mass is 247 g/mol. The van der Waals surface area contributed by atoms with E-state index in [1.54, 1.807) is 0 Å². The highest BCUT2D eigenvalue weighted by molar-refractivity contribution is 6.01. The van der Waals surface area contributed by atoms with Crippen LogP contribution in [0.25, 0.3) is 0 Å². The number of hydrogen-bond donors (Lipinski definition) is 1. The van der Waals surface area contributed by atoms with Gasteiger partial charge in [-0.05, 0) is 18.9 Å². The van der Waals surface area contributed by atoms with Crippen LogP contribution in [0.1, 0.15) is 36.2 Å². The molecule has 3 nitrogen and oxygen atoms in total. The van der Waals surface area contributed by atoms with Crippen molar-refractivity contribution < 1.29 is 9.53 Å². The van der Waals surface area contributed by atoms with E-state index in [1.165, 1.54) is 5.56 Å². The summed E-state index contributed by atoms with van der Waals surface area (Å²) in [5.41, 5.74) is 7.41. The minimum absolute atomic E-state index is 0.0931. The summed E-state index contributed by atoms with van der Waals surface area (Å²) < 4.78 is 5.33. The number of nitrogens with two attached hydrogens (primary N) is 1. The zero-order valence-corrected chi connectivity index (χ0v) is 11.1. The predicted octanol–water partition coefficient (Wildman–Crippen LogP) is 2.19. The van der Waals surface area contributed by atoms with Crippen molar-refractivity contribution in [2.45, 2.75) is 32.7 Å². The summed E-state index contributed by atoms with van der Waals surface area (Å²) in [6.45, 7) is 4.93. The SMILES string of the molecule is CCCc1ccc(C(=O)C2(C)COCC2N)cc1. The number of rotatable bonds is 4. The second-order valence-corrected chi connectivity index (χ2v) is 5.32. The van der Waals surface area contributed by atoms with Crippen LogP contribution in [0.4, 0.5) is 0 Å². The molecule has 1 aromatic rings. The van der Waals surface area contributed by atoms with Crippen LogP contribution in [-0.4, -0.2) is 25.0 Å². The molecule has 0 aromatic heterocycles. The van der Waals surface area contributed by atoms with E-state index >= 15 is 0 Å². The molecule has 2 unspecified atom stereocenters. The van der Waals surface area contributed by atoms with Crippen molar-refractivity contribution in [1.29, 1.82) is 0 Å². The largest absolute Gasteiger partial charge is 0.379 e. The maximum Gasteiger partial charge on any atom is 0.172 e. The van der Waals surface area contributed by atoms with Crippen LogP contribution in [0.5, 0.6) is 0 Å². The molecule has 1 aliphatic rings. The van der Waals surface area contributed by atoms with Crippen molar-refractivity contribution in [3.63, 3.8) is 0 Å². The van der Waals surface area contributed by atoms with Crippen molar-refractivity contribution in [2.75, 3.05) is 13.2 Å². The molecule has 1 saturated heterocycles. The highest BCUT2D eigenvalue weighted by Crippen LogP contribution is 2.31. The lowest BCUT2D eigenvalue weighted by Crippen LogP contribution is -2.44. The summed E-state index contributed by atoms with van der Waals surface area (Å²) in [7, 11) is 0. The maximum atomic E-state index is 12.5. The smallest absolute Gasteiger partial charge is 0.172 e. The fourth-order valence-electron chi connectivity index (χ4n) is 2.36. The molecule has 0 radical (unpaired) electrons. The van der Waals surface area contributed by atoms with E-state index in [9.17, 15) is 4.79 Å². The molecule has 0 aliphatic carbocycles. The molecule has 2 N–H and O–H groups in total. The van der Waals surface area contributed by atoms with Gasteiger partial charge in [-0.15, -0.1) is 0 Å². The summed E-state index contributed by atoms with van der Waals surface area (Å²) in [5, 5.41) is 0. The first-order valence-corrected chi connectivity index (χ1v) is 6.55. The van der Waals surface area contributed by atoms with E-state index in [0.717, 1.165) is 18.4 Å². The van der Waals surface area contributed by atoms with Crippen LogP contribution in [0, 0.1) is 5.41 Å². The Balaban J connectivity index is 2.18. The van der Waals surface area contributed by atoms with Gasteiger partial charge in [0.2, 0.25) is 0 Å². The Hall–Kier alpha value is -1.19. The van der Waals surface area contributed by atoms with Gasteiger partial charge in [0.15, 0.2) is 5.78 Å². The fourth-order valence-corrected chi connectivity index (χ4v) is 2.36. The molecule has 2 rings (SSSR count). The number of Topliss-reactive ketones (excluding diaryl/α,β-unsaturated/α-hetero) is 1. The molecule has 0 bridgehead atoms. The van der Waals surface area contributed by atoms with Crippen molar-refractivity contribution >= 4 is 5.78 Å². The number of carbonyl (C=O) groups excluding carboxylic acids is 1. The molecular weight excluding hydrogens is 226 g/mol. The molecule has 0 amide bonds. The molecular formula is C15H21NO2. The van der Waals surface area contributed by atoms with Crippen molar-refractivity contribution in [3.8, 4) is 0 Å².